The third kappa shape index (κ3) is 7.26. The van der Waals surface area contributed by atoms with Gasteiger partial charge in [-0.25, -0.2) is 4.79 Å². The van der Waals surface area contributed by atoms with Crippen LogP contribution in [0.2, 0.25) is 0 Å². The Kier molecular flexibility index (Phi) is 10.7. The molecule has 2 aromatic carbocycles. The van der Waals surface area contributed by atoms with E-state index in [1.807, 2.05) is 30.3 Å². The molecule has 2 heterocycles. The smallest absolute Gasteiger partial charge is 0.341 e. The molecular formula is C27H31ClN2O4S2. The standard InChI is InChI=1S/C27H30N2O4S2.ClH/c1-3-33-27(31)25-22-13-15-29(17-19-7-5-4-6-8-19)18-23(22)35-26(25)28-24(30)14-16-34-21-11-9-20(32-2)10-12-21;/h4-12H,3,13-18H2,1-2H3,(H,28,30);1H. The number of carbonyl (C=O) groups excluding carboxylic acids is 2. The highest BCUT2D eigenvalue weighted by atomic mass is 35.5. The zero-order chi connectivity index (χ0) is 24.6. The molecule has 0 spiro atoms. The lowest BCUT2D eigenvalue weighted by molar-refractivity contribution is -0.115. The number of benzene rings is 2. The maximum atomic E-state index is 12.8. The molecule has 9 heteroatoms. The normalized spacial score (nSPS) is 12.8. The van der Waals surface area contributed by atoms with Crippen LogP contribution < -0.4 is 10.1 Å². The molecule has 1 aliphatic rings. The number of hydrogen-bond acceptors (Lipinski definition) is 7. The zero-order valence-electron chi connectivity index (χ0n) is 20.5. The summed E-state index contributed by atoms with van der Waals surface area (Å²) in [4.78, 5) is 30.1. The number of thioether (sulfide) groups is 1. The van der Waals surface area contributed by atoms with E-state index in [1.54, 1.807) is 25.8 Å². The van der Waals surface area contributed by atoms with Gasteiger partial charge in [0.15, 0.2) is 0 Å². The number of thiophene rings is 1. The SMILES string of the molecule is CCOC(=O)c1c(NC(=O)CCSc2ccc(OC)cc2)sc2c1CCN(Cc1ccccc1)C2.Cl. The fraction of sp³-hybridized carbons (Fsp3) is 0.333. The number of methoxy groups -OCH3 is 1. The van der Waals surface area contributed by atoms with Crippen LogP contribution in [0.25, 0.3) is 0 Å². The molecule has 3 aromatic rings. The number of anilines is 1. The number of hydrogen-bond donors (Lipinski definition) is 1. The minimum absolute atomic E-state index is 0. The molecule has 0 atom stereocenters. The van der Waals surface area contributed by atoms with Gasteiger partial charge in [-0.1, -0.05) is 30.3 Å². The number of nitrogens with zero attached hydrogens (tertiary/aromatic N) is 1. The molecule has 4 rings (SSSR count). The average molecular weight is 547 g/mol. The van der Waals surface area contributed by atoms with Crippen molar-refractivity contribution < 1.29 is 19.1 Å². The molecule has 192 valence electrons. The molecule has 36 heavy (non-hydrogen) atoms. The predicted octanol–water partition coefficient (Wildman–Crippen LogP) is 6.03. The van der Waals surface area contributed by atoms with Gasteiger partial charge < -0.3 is 14.8 Å². The van der Waals surface area contributed by atoms with Crippen LogP contribution in [0.5, 0.6) is 5.75 Å². The van der Waals surface area contributed by atoms with Gasteiger partial charge in [0.1, 0.15) is 10.8 Å². The molecule has 0 fully saturated rings. The minimum atomic E-state index is -0.357. The van der Waals surface area contributed by atoms with Gasteiger partial charge in [-0.05, 0) is 48.7 Å². The Hall–Kier alpha value is -2.52. The van der Waals surface area contributed by atoms with Crippen LogP contribution in [0.1, 0.15) is 39.7 Å². The van der Waals surface area contributed by atoms with Crippen molar-refractivity contribution in [2.45, 2.75) is 37.8 Å². The Balaban J connectivity index is 0.00000361. The van der Waals surface area contributed by atoms with Crippen LogP contribution in [-0.4, -0.2) is 42.8 Å². The number of esters is 1. The summed E-state index contributed by atoms with van der Waals surface area (Å²) in [5.41, 5.74) is 2.81. The van der Waals surface area contributed by atoms with Gasteiger partial charge in [0, 0.05) is 41.6 Å². The van der Waals surface area contributed by atoms with Gasteiger partial charge in [-0.15, -0.1) is 35.5 Å². The highest BCUT2D eigenvalue weighted by Crippen LogP contribution is 2.38. The van der Waals surface area contributed by atoms with Crippen LogP contribution in [0.4, 0.5) is 5.00 Å². The molecule has 0 saturated heterocycles. The highest BCUT2D eigenvalue weighted by Gasteiger charge is 2.29. The number of amides is 1. The molecular weight excluding hydrogens is 516 g/mol. The number of carbonyl (C=O) groups is 2. The summed E-state index contributed by atoms with van der Waals surface area (Å²) in [5.74, 6) is 0.992. The molecule has 0 unspecified atom stereocenters. The van der Waals surface area contributed by atoms with Gasteiger partial charge in [-0.2, -0.15) is 0 Å². The highest BCUT2D eigenvalue weighted by molar-refractivity contribution is 7.99. The van der Waals surface area contributed by atoms with E-state index in [2.05, 4.69) is 34.5 Å². The number of ether oxygens (including phenoxy) is 2. The molecule has 1 amide bonds. The molecule has 0 radical (unpaired) electrons. The topological polar surface area (TPSA) is 67.9 Å². The van der Waals surface area contributed by atoms with Crippen LogP contribution in [0.3, 0.4) is 0 Å². The van der Waals surface area contributed by atoms with Gasteiger partial charge >= 0.3 is 5.97 Å². The Bertz CT molecular complexity index is 1150. The molecule has 1 N–H and O–H groups in total. The first kappa shape index (κ1) is 28.1. The van der Waals surface area contributed by atoms with Crippen molar-refractivity contribution in [2.75, 3.05) is 31.3 Å². The Morgan fingerprint density at radius 3 is 2.56 bits per heavy atom. The van der Waals surface area contributed by atoms with E-state index < -0.39 is 0 Å². The van der Waals surface area contributed by atoms with Crippen molar-refractivity contribution >= 4 is 52.4 Å². The molecule has 0 aliphatic carbocycles. The third-order valence-electron chi connectivity index (χ3n) is 5.77. The summed E-state index contributed by atoms with van der Waals surface area (Å²) < 4.78 is 10.5. The van der Waals surface area contributed by atoms with E-state index in [-0.39, 0.29) is 24.3 Å². The lowest BCUT2D eigenvalue weighted by Gasteiger charge is -2.27. The third-order valence-corrected chi connectivity index (χ3v) is 7.92. The van der Waals surface area contributed by atoms with Gasteiger partial charge in [0.05, 0.1) is 19.3 Å². The van der Waals surface area contributed by atoms with Gasteiger partial charge in [0.25, 0.3) is 0 Å². The largest absolute Gasteiger partial charge is 0.497 e. The Morgan fingerprint density at radius 2 is 1.86 bits per heavy atom. The van der Waals surface area contributed by atoms with Gasteiger partial charge in [0.2, 0.25) is 5.91 Å². The lowest BCUT2D eigenvalue weighted by Crippen LogP contribution is -2.29. The van der Waals surface area contributed by atoms with E-state index in [0.29, 0.717) is 29.3 Å². The minimum Gasteiger partial charge on any atom is -0.497 e. The average Bonchev–Trinajstić information content (AvgIpc) is 3.22. The van der Waals surface area contributed by atoms with Crippen LogP contribution in [0.15, 0.2) is 59.5 Å². The van der Waals surface area contributed by atoms with Crippen molar-refractivity contribution in [3.8, 4) is 5.75 Å². The van der Waals surface area contributed by atoms with Crippen LogP contribution in [-0.2, 0) is 29.0 Å². The number of halogens is 1. The first-order chi connectivity index (χ1) is 17.1. The zero-order valence-corrected chi connectivity index (χ0v) is 22.9. The Morgan fingerprint density at radius 1 is 1.11 bits per heavy atom. The summed E-state index contributed by atoms with van der Waals surface area (Å²) in [6.45, 7) is 4.57. The van der Waals surface area contributed by atoms with E-state index in [1.165, 1.54) is 16.9 Å². The predicted molar refractivity (Wildman–Crippen MR) is 149 cm³/mol. The summed E-state index contributed by atoms with van der Waals surface area (Å²) in [5, 5.41) is 3.61. The van der Waals surface area contributed by atoms with Crippen molar-refractivity contribution in [3.05, 3.63) is 76.2 Å². The molecule has 0 saturated carbocycles. The number of rotatable bonds is 10. The lowest BCUT2D eigenvalue weighted by atomic mass is 10.0. The van der Waals surface area contributed by atoms with Crippen molar-refractivity contribution in [1.29, 1.82) is 0 Å². The second kappa shape index (κ2) is 13.7. The first-order valence-electron chi connectivity index (χ1n) is 11.7. The fourth-order valence-corrected chi connectivity index (χ4v) is 6.21. The molecule has 0 bridgehead atoms. The molecule has 1 aromatic heterocycles. The van der Waals surface area contributed by atoms with Gasteiger partial charge in [-0.3, -0.25) is 9.69 Å². The van der Waals surface area contributed by atoms with E-state index >= 15 is 0 Å². The fourth-order valence-electron chi connectivity index (χ4n) is 4.06. The van der Waals surface area contributed by atoms with Crippen LogP contribution in [0, 0.1) is 0 Å². The quantitative estimate of drug-likeness (QED) is 0.247. The Labute approximate surface area is 226 Å². The summed E-state index contributed by atoms with van der Waals surface area (Å²) in [7, 11) is 1.64. The monoisotopic (exact) mass is 546 g/mol. The van der Waals surface area contributed by atoms with E-state index in [4.69, 9.17) is 9.47 Å². The van der Waals surface area contributed by atoms with Crippen molar-refractivity contribution in [2.24, 2.45) is 0 Å². The summed E-state index contributed by atoms with van der Waals surface area (Å²) >= 11 is 3.11. The summed E-state index contributed by atoms with van der Waals surface area (Å²) in [6, 6.07) is 18.2. The summed E-state index contributed by atoms with van der Waals surface area (Å²) in [6.07, 6.45) is 1.11. The van der Waals surface area contributed by atoms with Crippen LogP contribution >= 0.6 is 35.5 Å². The number of nitrogens with one attached hydrogen (secondary N) is 1. The maximum absolute atomic E-state index is 12.8. The molecule has 1 aliphatic heterocycles. The first-order valence-corrected chi connectivity index (χ1v) is 13.5. The van der Waals surface area contributed by atoms with Crippen molar-refractivity contribution in [3.63, 3.8) is 0 Å². The van der Waals surface area contributed by atoms with Crippen molar-refractivity contribution in [1.82, 2.24) is 4.90 Å². The number of fused-ring (bicyclic) bond motifs is 1. The maximum Gasteiger partial charge on any atom is 0.341 e. The van der Waals surface area contributed by atoms with E-state index in [0.717, 1.165) is 47.1 Å². The molecule has 6 nitrogen and oxygen atoms in total. The second-order valence-corrected chi connectivity index (χ2v) is 10.5. The van der Waals surface area contributed by atoms with E-state index in [9.17, 15) is 9.59 Å². The second-order valence-electron chi connectivity index (χ2n) is 8.20.